The molecule has 3 aromatic rings. The molecule has 1 amide bonds. The highest BCUT2D eigenvalue weighted by molar-refractivity contribution is 6.46. The number of ketones is 1. The molecule has 1 atom stereocenters. The number of likely N-dealkylation sites (tertiary alicyclic amines) is 1. The van der Waals surface area contributed by atoms with Crippen molar-refractivity contribution < 1.29 is 24.2 Å². The average molecular weight is 514 g/mol. The second kappa shape index (κ2) is 9.64. The Kier molecular flexibility index (Phi) is 6.40. The molecule has 2 aliphatic heterocycles. The fourth-order valence-electron chi connectivity index (χ4n) is 4.33. The van der Waals surface area contributed by atoms with E-state index < -0.39 is 17.7 Å². The highest BCUT2D eigenvalue weighted by Gasteiger charge is 2.46. The Balaban J connectivity index is 1.55. The Bertz CT molecular complexity index is 1320. The maximum atomic E-state index is 13.2. The van der Waals surface area contributed by atoms with Crippen molar-refractivity contribution in [2.75, 3.05) is 19.8 Å². The van der Waals surface area contributed by atoms with Crippen molar-refractivity contribution >= 4 is 40.7 Å². The number of carbonyl (C=O) groups excluding carboxylic acids is 2. The Labute approximate surface area is 211 Å². The number of halogens is 2. The first-order valence-corrected chi connectivity index (χ1v) is 11.8. The first kappa shape index (κ1) is 23.3. The largest absolute Gasteiger partial charge is 0.507 e. The van der Waals surface area contributed by atoms with Gasteiger partial charge in [-0.25, -0.2) is 4.98 Å². The van der Waals surface area contributed by atoms with Gasteiger partial charge in [-0.15, -0.1) is 0 Å². The van der Waals surface area contributed by atoms with E-state index in [2.05, 4.69) is 4.98 Å². The standard InChI is InChI=1S/C25H21Cl2N3O5/c26-17-4-2-15(12-18(17)27)22-21(23(31)16-3-5-19-20(13-16)35-11-10-34-19)24(32)25(33)30(22)8-1-7-29-9-6-28-14-29/h2-6,9,12-14,22,31H,1,7-8,10-11H2. The van der Waals surface area contributed by atoms with E-state index in [1.165, 1.54) is 4.90 Å². The van der Waals surface area contributed by atoms with Crippen molar-refractivity contribution in [2.24, 2.45) is 0 Å². The number of benzene rings is 2. The monoisotopic (exact) mass is 513 g/mol. The number of aryl methyl sites for hydroxylation is 1. The zero-order valence-electron chi connectivity index (χ0n) is 18.5. The summed E-state index contributed by atoms with van der Waals surface area (Å²) in [5.74, 6) is -0.745. The molecule has 8 nitrogen and oxygen atoms in total. The lowest BCUT2D eigenvalue weighted by atomic mass is 9.95. The summed E-state index contributed by atoms with van der Waals surface area (Å²) in [5.41, 5.74) is 0.892. The normalized spacial score (nSPS) is 18.8. The molecule has 1 N–H and O–H groups in total. The number of rotatable bonds is 6. The van der Waals surface area contributed by atoms with Gasteiger partial charge in [-0.2, -0.15) is 0 Å². The Morgan fingerprint density at radius 1 is 1.03 bits per heavy atom. The maximum Gasteiger partial charge on any atom is 0.295 e. The number of carbonyl (C=O) groups is 2. The van der Waals surface area contributed by atoms with Gasteiger partial charge < -0.3 is 24.0 Å². The number of imidazole rings is 1. The van der Waals surface area contributed by atoms with Gasteiger partial charge >= 0.3 is 0 Å². The minimum atomic E-state index is -0.833. The number of fused-ring (bicyclic) bond motifs is 1. The van der Waals surface area contributed by atoms with E-state index in [9.17, 15) is 14.7 Å². The summed E-state index contributed by atoms with van der Waals surface area (Å²) in [6.07, 6.45) is 5.76. The van der Waals surface area contributed by atoms with Gasteiger partial charge in [-0.3, -0.25) is 9.59 Å². The van der Waals surface area contributed by atoms with Crippen LogP contribution < -0.4 is 9.47 Å². The van der Waals surface area contributed by atoms with Crippen molar-refractivity contribution in [2.45, 2.75) is 19.0 Å². The number of aromatic nitrogens is 2. The zero-order chi connectivity index (χ0) is 24.5. The molecular weight excluding hydrogens is 493 g/mol. The van der Waals surface area contributed by atoms with Crippen LogP contribution >= 0.6 is 23.2 Å². The molecule has 1 aromatic heterocycles. The van der Waals surface area contributed by atoms with Gasteiger partial charge in [0, 0.05) is 31.0 Å². The van der Waals surface area contributed by atoms with Crippen LogP contribution in [-0.4, -0.2) is 51.0 Å². The van der Waals surface area contributed by atoms with Gasteiger partial charge in [0.25, 0.3) is 11.7 Å². The summed E-state index contributed by atoms with van der Waals surface area (Å²) in [4.78, 5) is 31.8. The summed E-state index contributed by atoms with van der Waals surface area (Å²) in [7, 11) is 0. The van der Waals surface area contributed by atoms with Crippen LogP contribution in [0.15, 0.2) is 60.7 Å². The second-order valence-electron chi connectivity index (χ2n) is 8.18. The number of hydrogen-bond acceptors (Lipinski definition) is 6. The number of Topliss-reactive ketones (excluding diaryl/α,β-unsaturated/α-hetero) is 1. The third-order valence-electron chi connectivity index (χ3n) is 5.99. The van der Waals surface area contributed by atoms with Crippen LogP contribution in [0.3, 0.4) is 0 Å². The van der Waals surface area contributed by atoms with Crippen molar-refractivity contribution in [1.82, 2.24) is 14.5 Å². The van der Waals surface area contributed by atoms with E-state index in [1.54, 1.807) is 48.9 Å². The second-order valence-corrected chi connectivity index (χ2v) is 8.99. The maximum absolute atomic E-state index is 13.2. The number of aliphatic hydroxyl groups excluding tert-OH is 1. The molecule has 3 heterocycles. The first-order chi connectivity index (χ1) is 16.9. The van der Waals surface area contributed by atoms with E-state index in [1.807, 2.05) is 10.8 Å². The van der Waals surface area contributed by atoms with Gasteiger partial charge in [0.2, 0.25) is 0 Å². The van der Waals surface area contributed by atoms with Crippen LogP contribution in [0.4, 0.5) is 0 Å². The van der Waals surface area contributed by atoms with Crippen molar-refractivity contribution in [1.29, 1.82) is 0 Å². The van der Waals surface area contributed by atoms with Crippen LogP contribution in [0.25, 0.3) is 5.76 Å². The lowest BCUT2D eigenvalue weighted by molar-refractivity contribution is -0.139. The molecule has 2 aliphatic rings. The molecule has 10 heteroatoms. The molecule has 1 saturated heterocycles. The summed E-state index contributed by atoms with van der Waals surface area (Å²) in [5, 5.41) is 11.9. The third-order valence-corrected chi connectivity index (χ3v) is 6.73. The van der Waals surface area contributed by atoms with Crippen LogP contribution in [0.2, 0.25) is 10.0 Å². The average Bonchev–Trinajstić information content (AvgIpc) is 3.47. The molecule has 35 heavy (non-hydrogen) atoms. The van der Waals surface area contributed by atoms with E-state index >= 15 is 0 Å². The predicted octanol–water partition coefficient (Wildman–Crippen LogP) is 4.47. The number of hydrogen-bond donors (Lipinski definition) is 1. The smallest absolute Gasteiger partial charge is 0.295 e. The first-order valence-electron chi connectivity index (χ1n) is 11.0. The van der Waals surface area contributed by atoms with Crippen molar-refractivity contribution in [3.8, 4) is 11.5 Å². The molecule has 5 rings (SSSR count). The highest BCUT2D eigenvalue weighted by atomic mass is 35.5. The molecule has 1 fully saturated rings. The number of aliphatic hydroxyl groups is 1. The Morgan fingerprint density at radius 3 is 2.57 bits per heavy atom. The molecule has 0 bridgehead atoms. The lowest BCUT2D eigenvalue weighted by Gasteiger charge is -2.26. The molecule has 2 aromatic carbocycles. The SMILES string of the molecule is O=C1C(=O)N(CCCn2ccnc2)C(c2ccc(Cl)c(Cl)c2)C1=C(O)c1ccc2c(c1)OCCO2. The number of amides is 1. The van der Waals surface area contributed by atoms with Gasteiger partial charge in [0.1, 0.15) is 19.0 Å². The highest BCUT2D eigenvalue weighted by Crippen LogP contribution is 2.42. The Morgan fingerprint density at radius 2 is 1.83 bits per heavy atom. The van der Waals surface area contributed by atoms with Crippen LogP contribution in [0, 0.1) is 0 Å². The third kappa shape index (κ3) is 4.47. The van der Waals surface area contributed by atoms with E-state index in [-0.39, 0.29) is 22.9 Å². The van der Waals surface area contributed by atoms with Gasteiger partial charge in [-0.05, 0) is 42.3 Å². The Hall–Kier alpha value is -3.49. The number of nitrogens with zero attached hydrogens (tertiary/aromatic N) is 3. The van der Waals surface area contributed by atoms with Crippen LogP contribution in [0.1, 0.15) is 23.6 Å². The van der Waals surface area contributed by atoms with Crippen molar-refractivity contribution in [3.63, 3.8) is 0 Å². The molecule has 0 radical (unpaired) electrons. The molecule has 0 saturated carbocycles. The fourth-order valence-corrected chi connectivity index (χ4v) is 4.63. The minimum absolute atomic E-state index is 0.0207. The zero-order valence-corrected chi connectivity index (χ0v) is 20.0. The van der Waals surface area contributed by atoms with Crippen molar-refractivity contribution in [3.05, 3.63) is 81.9 Å². The topological polar surface area (TPSA) is 93.9 Å². The molecule has 180 valence electrons. The van der Waals surface area contributed by atoms with Crippen LogP contribution in [0.5, 0.6) is 11.5 Å². The lowest BCUT2D eigenvalue weighted by Crippen LogP contribution is -2.31. The predicted molar refractivity (Wildman–Crippen MR) is 130 cm³/mol. The van der Waals surface area contributed by atoms with Gasteiger partial charge in [-0.1, -0.05) is 29.3 Å². The summed E-state index contributed by atoms with van der Waals surface area (Å²) >= 11 is 12.4. The molecule has 1 unspecified atom stereocenters. The summed E-state index contributed by atoms with van der Waals surface area (Å²) < 4.78 is 13.0. The summed E-state index contributed by atoms with van der Waals surface area (Å²) in [6, 6.07) is 8.98. The molecule has 0 aliphatic carbocycles. The number of ether oxygens (including phenoxy) is 2. The molecular formula is C25H21Cl2N3O5. The fraction of sp³-hybridized carbons (Fsp3) is 0.240. The van der Waals surface area contributed by atoms with Gasteiger partial charge in [0.05, 0.1) is 28.0 Å². The van der Waals surface area contributed by atoms with Crippen LogP contribution in [-0.2, 0) is 16.1 Å². The van der Waals surface area contributed by atoms with Gasteiger partial charge in [0.15, 0.2) is 11.5 Å². The minimum Gasteiger partial charge on any atom is -0.507 e. The van der Waals surface area contributed by atoms with E-state index in [4.69, 9.17) is 32.7 Å². The quantitative estimate of drug-likeness (QED) is 0.296. The molecule has 0 spiro atoms. The van der Waals surface area contributed by atoms with E-state index in [0.29, 0.717) is 53.8 Å². The van der Waals surface area contributed by atoms with E-state index in [0.717, 1.165) is 0 Å². The summed E-state index contributed by atoms with van der Waals surface area (Å²) in [6.45, 7) is 1.70.